The lowest BCUT2D eigenvalue weighted by Gasteiger charge is -2.30. The fourth-order valence-corrected chi connectivity index (χ4v) is 2.98. The Labute approximate surface area is 157 Å². The summed E-state index contributed by atoms with van der Waals surface area (Å²) in [7, 11) is 0. The third kappa shape index (κ3) is 5.82. The minimum absolute atomic E-state index is 0.0704. The van der Waals surface area contributed by atoms with Crippen LogP contribution in [0.4, 0.5) is 5.69 Å². The lowest BCUT2D eigenvalue weighted by Crippen LogP contribution is -2.39. The number of anilines is 1. The third-order valence-corrected chi connectivity index (χ3v) is 4.18. The van der Waals surface area contributed by atoms with E-state index in [0.717, 1.165) is 50.3 Å². The van der Waals surface area contributed by atoms with E-state index in [0.29, 0.717) is 12.2 Å². The molecule has 8 nitrogen and oxygen atoms in total. The van der Waals surface area contributed by atoms with Crippen LogP contribution in [-0.4, -0.2) is 54.3 Å². The quantitative estimate of drug-likeness (QED) is 0.677. The number of nitrogens with one attached hydrogen (secondary N) is 1. The molecule has 3 rings (SSSR count). The highest BCUT2D eigenvalue weighted by atomic mass is 16.5. The predicted molar refractivity (Wildman–Crippen MR) is 99.3 cm³/mol. The number of carboxylic acid groups (broad SMARTS) is 2. The zero-order chi connectivity index (χ0) is 19.8. The number of carbonyl (C=O) groups is 3. The predicted octanol–water partition coefficient (Wildman–Crippen LogP) is 1.22. The summed E-state index contributed by atoms with van der Waals surface area (Å²) < 4.78 is 5.61. The van der Waals surface area contributed by atoms with Crippen LogP contribution in [0.25, 0.3) is 0 Å². The van der Waals surface area contributed by atoms with Crippen LogP contribution in [0.3, 0.4) is 0 Å². The van der Waals surface area contributed by atoms with Gasteiger partial charge in [-0.05, 0) is 55.6 Å². The third-order valence-electron chi connectivity index (χ3n) is 4.18. The molecule has 3 N–H and O–H groups in total. The fraction of sp³-hybridized carbons (Fsp3) is 0.421. The molecule has 0 aliphatic carbocycles. The maximum Gasteiger partial charge on any atom is 0.328 e. The summed E-state index contributed by atoms with van der Waals surface area (Å²) in [5.74, 6) is -1.57. The molecule has 1 aromatic carbocycles. The first-order valence-electron chi connectivity index (χ1n) is 8.86. The summed E-state index contributed by atoms with van der Waals surface area (Å²) in [6.45, 7) is 5.06. The molecule has 0 atom stereocenters. The summed E-state index contributed by atoms with van der Waals surface area (Å²) in [6.07, 6.45) is 4.14. The van der Waals surface area contributed by atoms with E-state index in [4.69, 9.17) is 14.9 Å². The molecule has 1 amide bonds. The second-order valence-corrected chi connectivity index (χ2v) is 6.18. The van der Waals surface area contributed by atoms with E-state index in [2.05, 4.69) is 24.4 Å². The second-order valence-electron chi connectivity index (χ2n) is 6.18. The molecule has 0 bridgehead atoms. The second kappa shape index (κ2) is 9.72. The van der Waals surface area contributed by atoms with Gasteiger partial charge < -0.3 is 25.2 Å². The number of hydrogen-bond acceptors (Lipinski definition) is 5. The van der Waals surface area contributed by atoms with Crippen LogP contribution >= 0.6 is 0 Å². The highest BCUT2D eigenvalue weighted by molar-refractivity contribution is 5.98. The molecule has 8 heteroatoms. The fourth-order valence-electron chi connectivity index (χ4n) is 2.98. The number of fused-ring (bicyclic) bond motifs is 2. The van der Waals surface area contributed by atoms with E-state index in [1.165, 1.54) is 11.1 Å². The lowest BCUT2D eigenvalue weighted by molar-refractivity contribution is -0.134. The number of carboxylic acids is 2. The number of nitrogens with zero attached hydrogens (tertiary/aromatic N) is 1. The lowest BCUT2D eigenvalue weighted by atomic mass is 10.0. The van der Waals surface area contributed by atoms with E-state index < -0.39 is 11.9 Å². The molecule has 146 valence electrons. The molecule has 2 aliphatic rings. The summed E-state index contributed by atoms with van der Waals surface area (Å²) in [5, 5.41) is 19.0. The van der Waals surface area contributed by atoms with Crippen molar-refractivity contribution in [3.05, 3.63) is 35.4 Å². The molecule has 27 heavy (non-hydrogen) atoms. The number of ether oxygens (including phenoxy) is 1. The Morgan fingerprint density at radius 1 is 1.15 bits per heavy atom. The van der Waals surface area contributed by atoms with Gasteiger partial charge in [-0.2, -0.15) is 0 Å². The monoisotopic (exact) mass is 376 g/mol. The number of benzene rings is 1. The molecule has 0 spiro atoms. The first-order valence-corrected chi connectivity index (χ1v) is 8.86. The van der Waals surface area contributed by atoms with Gasteiger partial charge in [-0.25, -0.2) is 9.59 Å². The van der Waals surface area contributed by atoms with Gasteiger partial charge in [0.1, 0.15) is 5.75 Å². The minimum Gasteiger partial charge on any atom is -0.482 e. The van der Waals surface area contributed by atoms with Gasteiger partial charge in [0, 0.05) is 18.7 Å². The van der Waals surface area contributed by atoms with Crippen LogP contribution in [0.5, 0.6) is 5.75 Å². The van der Waals surface area contributed by atoms with E-state index in [-0.39, 0.29) is 12.5 Å². The first kappa shape index (κ1) is 20.4. The highest BCUT2D eigenvalue weighted by Gasteiger charge is 2.26. The zero-order valence-corrected chi connectivity index (χ0v) is 15.2. The van der Waals surface area contributed by atoms with Crippen molar-refractivity contribution >= 4 is 23.5 Å². The zero-order valence-electron chi connectivity index (χ0n) is 15.2. The molecule has 1 aromatic rings. The normalized spacial score (nSPS) is 15.7. The summed E-state index contributed by atoms with van der Waals surface area (Å²) in [4.78, 5) is 33.0. The number of hydrogen-bond donors (Lipinski definition) is 3. The summed E-state index contributed by atoms with van der Waals surface area (Å²) in [6, 6.07) is 4.29. The van der Waals surface area contributed by atoms with Crippen LogP contribution in [-0.2, 0) is 27.2 Å². The van der Waals surface area contributed by atoms with Crippen LogP contribution in [0.15, 0.2) is 24.3 Å². The van der Waals surface area contributed by atoms with Crippen molar-refractivity contribution in [3.8, 4) is 5.75 Å². The largest absolute Gasteiger partial charge is 0.482 e. The molecule has 0 saturated heterocycles. The van der Waals surface area contributed by atoms with Gasteiger partial charge in [-0.15, -0.1) is 0 Å². The van der Waals surface area contributed by atoms with E-state index in [1.807, 2.05) is 4.90 Å². The average Bonchev–Trinajstić information content (AvgIpc) is 2.86. The number of aliphatic carboxylic acids is 2. The smallest absolute Gasteiger partial charge is 0.328 e. The molecule has 0 saturated carbocycles. The van der Waals surface area contributed by atoms with Crippen molar-refractivity contribution in [2.24, 2.45) is 0 Å². The van der Waals surface area contributed by atoms with Crippen LogP contribution in [0.2, 0.25) is 0 Å². The minimum atomic E-state index is -1.26. The molecule has 0 aromatic heterocycles. The molecular formula is C19H24N2O6. The number of carbonyl (C=O) groups excluding carboxylic acids is 1. The van der Waals surface area contributed by atoms with Gasteiger partial charge in [0.25, 0.3) is 5.91 Å². The molecule has 0 fully saturated rings. The topological polar surface area (TPSA) is 116 Å². The Kier molecular flexibility index (Phi) is 7.36. The maximum atomic E-state index is 12.0. The van der Waals surface area contributed by atoms with E-state index >= 15 is 0 Å². The van der Waals surface area contributed by atoms with Crippen LogP contribution in [0, 0.1) is 0 Å². The Balaban J connectivity index is 0.000000279. The van der Waals surface area contributed by atoms with Crippen molar-refractivity contribution in [3.63, 3.8) is 0 Å². The molecule has 0 unspecified atom stereocenters. The summed E-state index contributed by atoms with van der Waals surface area (Å²) >= 11 is 0. The van der Waals surface area contributed by atoms with Crippen molar-refractivity contribution in [1.82, 2.24) is 5.32 Å². The molecule has 2 aliphatic heterocycles. The Hall–Kier alpha value is -2.87. The van der Waals surface area contributed by atoms with Gasteiger partial charge >= 0.3 is 11.9 Å². The van der Waals surface area contributed by atoms with Gasteiger partial charge in [0.2, 0.25) is 0 Å². The Morgan fingerprint density at radius 3 is 2.30 bits per heavy atom. The number of amides is 1. The first-order chi connectivity index (χ1) is 12.9. The Morgan fingerprint density at radius 2 is 1.74 bits per heavy atom. The molecular weight excluding hydrogens is 352 g/mol. The van der Waals surface area contributed by atoms with E-state index in [1.54, 1.807) is 0 Å². The van der Waals surface area contributed by atoms with Gasteiger partial charge in [0.05, 0.1) is 5.69 Å². The van der Waals surface area contributed by atoms with Crippen molar-refractivity contribution in [1.29, 1.82) is 0 Å². The van der Waals surface area contributed by atoms with E-state index in [9.17, 15) is 14.4 Å². The standard InChI is InChI=1S/C15H20N2O2.C4H4O4/c1-2-7-17-13-8-11-3-5-16-6-4-12(11)9-14(13)19-10-15(17)18;5-3(6)1-2-4(7)8/h8-9,16H,2-7,10H2,1H3;1-2H,(H,5,6)(H,7,8)/b;2-1+. The van der Waals surface area contributed by atoms with Crippen molar-refractivity contribution in [2.75, 3.05) is 31.1 Å². The molecule has 0 radical (unpaired) electrons. The summed E-state index contributed by atoms with van der Waals surface area (Å²) in [5.41, 5.74) is 3.66. The van der Waals surface area contributed by atoms with Crippen LogP contribution < -0.4 is 15.0 Å². The maximum absolute atomic E-state index is 12.0. The average molecular weight is 376 g/mol. The van der Waals surface area contributed by atoms with Gasteiger partial charge in [-0.3, -0.25) is 4.79 Å². The van der Waals surface area contributed by atoms with Crippen molar-refractivity contribution < 1.29 is 29.3 Å². The Bertz CT molecular complexity index is 728. The highest BCUT2D eigenvalue weighted by Crippen LogP contribution is 2.35. The van der Waals surface area contributed by atoms with Gasteiger partial charge in [-0.1, -0.05) is 6.92 Å². The number of rotatable bonds is 4. The van der Waals surface area contributed by atoms with Crippen LogP contribution in [0.1, 0.15) is 24.5 Å². The SMILES string of the molecule is CCCN1C(=O)COc2cc3c(cc21)CCNCC3.O=C(O)/C=C/C(=O)O. The van der Waals surface area contributed by atoms with Crippen molar-refractivity contribution in [2.45, 2.75) is 26.2 Å². The molecule has 2 heterocycles. The van der Waals surface area contributed by atoms with Gasteiger partial charge in [0.15, 0.2) is 6.61 Å².